The summed E-state index contributed by atoms with van der Waals surface area (Å²) in [5.41, 5.74) is -0.908. The summed E-state index contributed by atoms with van der Waals surface area (Å²) in [5, 5.41) is -0.277. The highest BCUT2D eigenvalue weighted by molar-refractivity contribution is 7.91. The van der Waals surface area contributed by atoms with Crippen molar-refractivity contribution in [3.8, 4) is 0 Å². The third-order valence-electron chi connectivity index (χ3n) is 1.72. The fourth-order valence-corrected chi connectivity index (χ4v) is 2.21. The van der Waals surface area contributed by atoms with Crippen LogP contribution in [0.4, 0.5) is 0 Å². The maximum absolute atomic E-state index is 11.8. The van der Waals surface area contributed by atoms with Gasteiger partial charge in [0.1, 0.15) is 0 Å². The number of sulfone groups is 1. The van der Waals surface area contributed by atoms with Crippen molar-refractivity contribution in [1.82, 2.24) is 9.97 Å². The molecule has 0 radical (unpaired) electrons. The zero-order chi connectivity index (χ0) is 10.9. The lowest BCUT2D eigenvalue weighted by molar-refractivity contribution is 0.488. The minimum Gasteiger partial charge on any atom is -0.430 e. The Hall–Kier alpha value is -1.89. The maximum Gasteiger partial charge on any atom is 0.355 e. The zero-order valence-corrected chi connectivity index (χ0v) is 8.19. The van der Waals surface area contributed by atoms with Crippen molar-refractivity contribution in [3.63, 3.8) is 0 Å². The first-order valence-electron chi connectivity index (χ1n) is 3.94. The van der Waals surface area contributed by atoms with Crippen molar-refractivity contribution in [1.29, 1.82) is 0 Å². The van der Waals surface area contributed by atoms with E-state index in [0.717, 1.165) is 6.26 Å². The number of hydrogen-bond acceptors (Lipinski definition) is 5. The molecule has 1 N–H and O–H groups in total. The lowest BCUT2D eigenvalue weighted by atomic mass is 10.5. The first-order chi connectivity index (χ1) is 7.12. The first-order valence-corrected chi connectivity index (χ1v) is 5.43. The molecule has 78 valence electrons. The van der Waals surface area contributed by atoms with Crippen molar-refractivity contribution in [2.75, 3.05) is 0 Å². The number of nitrogens with zero attached hydrogens (tertiary/aromatic N) is 1. The predicted octanol–water partition coefficient (Wildman–Crippen LogP) is 0.196. The summed E-state index contributed by atoms with van der Waals surface area (Å²) >= 11 is 0. The van der Waals surface area contributed by atoms with Crippen LogP contribution in [0.3, 0.4) is 0 Å². The van der Waals surface area contributed by atoms with Crippen LogP contribution in [-0.4, -0.2) is 18.4 Å². The fourth-order valence-electron chi connectivity index (χ4n) is 1.06. The molecule has 2 rings (SSSR count). The van der Waals surface area contributed by atoms with Crippen LogP contribution in [0.15, 0.2) is 50.1 Å². The molecule has 0 amide bonds. The topological polar surface area (TPSA) is 93.0 Å². The quantitative estimate of drug-likeness (QED) is 0.789. The first kappa shape index (κ1) is 9.66. The molecule has 0 spiro atoms. The van der Waals surface area contributed by atoms with E-state index in [1.54, 1.807) is 0 Å². The fraction of sp³-hybridized carbons (Fsp3) is 0. The third kappa shape index (κ3) is 1.57. The molecule has 0 unspecified atom stereocenters. The van der Waals surface area contributed by atoms with Crippen LogP contribution >= 0.6 is 0 Å². The van der Waals surface area contributed by atoms with E-state index in [2.05, 4.69) is 14.4 Å². The Morgan fingerprint density at radius 3 is 2.80 bits per heavy atom. The van der Waals surface area contributed by atoms with E-state index in [4.69, 9.17) is 0 Å². The average Bonchev–Trinajstić information content (AvgIpc) is 2.71. The molecule has 0 aliphatic heterocycles. The van der Waals surface area contributed by atoms with E-state index >= 15 is 0 Å². The molecule has 7 heteroatoms. The van der Waals surface area contributed by atoms with E-state index < -0.39 is 20.4 Å². The summed E-state index contributed by atoms with van der Waals surface area (Å²) in [6.07, 6.45) is 3.76. The van der Waals surface area contributed by atoms with Crippen LogP contribution in [0.2, 0.25) is 0 Å². The highest BCUT2D eigenvalue weighted by Crippen LogP contribution is 2.12. The van der Waals surface area contributed by atoms with Crippen LogP contribution in [0, 0.1) is 0 Å². The molecule has 15 heavy (non-hydrogen) atoms. The largest absolute Gasteiger partial charge is 0.430 e. The second kappa shape index (κ2) is 3.35. The van der Waals surface area contributed by atoms with Crippen molar-refractivity contribution in [3.05, 3.63) is 41.2 Å². The summed E-state index contributed by atoms with van der Waals surface area (Å²) in [7, 11) is -3.90. The third-order valence-corrected chi connectivity index (χ3v) is 3.33. The zero-order valence-electron chi connectivity index (χ0n) is 7.38. The molecule has 2 aromatic rings. The van der Waals surface area contributed by atoms with E-state index in [1.165, 1.54) is 24.5 Å². The van der Waals surface area contributed by atoms with Gasteiger partial charge < -0.3 is 9.40 Å². The Bertz CT molecular complexity index is 612. The maximum atomic E-state index is 11.8. The number of aromatic amines is 1. The van der Waals surface area contributed by atoms with Crippen molar-refractivity contribution >= 4 is 9.84 Å². The predicted molar refractivity (Wildman–Crippen MR) is 49.0 cm³/mol. The SMILES string of the molecule is O=c1occcc1S(=O)(=O)c1ncc[nH]1. The van der Waals surface area contributed by atoms with Crippen LogP contribution in [0.25, 0.3) is 0 Å². The van der Waals surface area contributed by atoms with Crippen LogP contribution in [0.5, 0.6) is 0 Å². The number of rotatable bonds is 2. The smallest absolute Gasteiger partial charge is 0.355 e. The number of aromatic nitrogens is 2. The van der Waals surface area contributed by atoms with E-state index in [9.17, 15) is 13.2 Å². The highest BCUT2D eigenvalue weighted by Gasteiger charge is 2.23. The molecule has 0 atom stereocenters. The van der Waals surface area contributed by atoms with Gasteiger partial charge in [-0.15, -0.1) is 0 Å². The Kier molecular flexibility index (Phi) is 2.16. The van der Waals surface area contributed by atoms with E-state index in [-0.39, 0.29) is 5.16 Å². The minimum atomic E-state index is -3.90. The van der Waals surface area contributed by atoms with Crippen LogP contribution in [0.1, 0.15) is 0 Å². The van der Waals surface area contributed by atoms with Gasteiger partial charge in [0.15, 0.2) is 4.90 Å². The molecule has 0 aliphatic rings. The van der Waals surface area contributed by atoms with Crippen LogP contribution < -0.4 is 5.63 Å². The standard InChI is InChI=1S/C8H6N2O4S/c11-7-6(2-1-5-14-7)15(12,13)8-9-3-4-10-8/h1-5H,(H,9,10). The molecule has 0 bridgehead atoms. The number of H-pyrrole nitrogens is 1. The second-order valence-corrected chi connectivity index (χ2v) is 4.50. The van der Waals surface area contributed by atoms with Gasteiger partial charge in [-0.3, -0.25) is 0 Å². The Labute approximate surface area is 84.5 Å². The summed E-state index contributed by atoms with van der Waals surface area (Å²) < 4.78 is 28.0. The van der Waals surface area contributed by atoms with Gasteiger partial charge in [-0.05, 0) is 12.1 Å². The molecular weight excluding hydrogens is 220 g/mol. The van der Waals surface area contributed by atoms with Crippen molar-refractivity contribution in [2.24, 2.45) is 0 Å². The van der Waals surface area contributed by atoms with Gasteiger partial charge in [0, 0.05) is 12.4 Å². The van der Waals surface area contributed by atoms with Gasteiger partial charge in [0.05, 0.1) is 6.26 Å². The van der Waals surface area contributed by atoms with E-state index in [0.29, 0.717) is 0 Å². The number of nitrogens with one attached hydrogen (secondary N) is 1. The second-order valence-electron chi connectivity index (χ2n) is 2.66. The highest BCUT2D eigenvalue weighted by atomic mass is 32.2. The lowest BCUT2D eigenvalue weighted by Crippen LogP contribution is -2.14. The summed E-state index contributed by atoms with van der Waals surface area (Å²) in [6, 6.07) is 2.50. The van der Waals surface area contributed by atoms with Crippen molar-refractivity contribution in [2.45, 2.75) is 10.1 Å². The molecule has 2 aromatic heterocycles. The van der Waals surface area contributed by atoms with Gasteiger partial charge in [-0.25, -0.2) is 18.2 Å². The molecule has 0 aliphatic carbocycles. The molecule has 0 aromatic carbocycles. The van der Waals surface area contributed by atoms with Gasteiger partial charge >= 0.3 is 5.63 Å². The van der Waals surface area contributed by atoms with Gasteiger partial charge in [-0.1, -0.05) is 0 Å². The molecule has 0 saturated heterocycles. The molecule has 6 nitrogen and oxygen atoms in total. The normalized spacial score (nSPS) is 11.5. The monoisotopic (exact) mass is 226 g/mol. The summed E-state index contributed by atoms with van der Waals surface area (Å²) in [4.78, 5) is 16.7. The molecule has 2 heterocycles. The molecular formula is C8H6N2O4S. The van der Waals surface area contributed by atoms with Gasteiger partial charge in [0.25, 0.3) is 0 Å². The Morgan fingerprint density at radius 2 is 2.20 bits per heavy atom. The summed E-state index contributed by atoms with van der Waals surface area (Å²) in [6.45, 7) is 0. The molecule has 0 fully saturated rings. The van der Waals surface area contributed by atoms with Gasteiger partial charge in [-0.2, -0.15) is 0 Å². The van der Waals surface area contributed by atoms with E-state index in [1.807, 2.05) is 0 Å². The average molecular weight is 226 g/mol. The number of hydrogen-bond donors (Lipinski definition) is 1. The number of imidazole rings is 1. The minimum absolute atomic E-state index is 0.277. The summed E-state index contributed by atoms with van der Waals surface area (Å²) in [5.74, 6) is 0. The van der Waals surface area contributed by atoms with Gasteiger partial charge in [0.2, 0.25) is 15.0 Å². The molecule has 0 saturated carbocycles. The van der Waals surface area contributed by atoms with Crippen molar-refractivity contribution < 1.29 is 12.8 Å². The lowest BCUT2D eigenvalue weighted by Gasteiger charge is -1.97. The van der Waals surface area contributed by atoms with Crippen LogP contribution in [-0.2, 0) is 9.84 Å². The Balaban J connectivity index is 2.68. The Morgan fingerprint density at radius 1 is 1.40 bits per heavy atom.